The van der Waals surface area contributed by atoms with Gasteiger partial charge < -0.3 is 11.1 Å². The molecule has 152 valence electrons. The molecule has 0 spiro atoms. The minimum Gasteiger partial charge on any atom is -0.349 e. The van der Waals surface area contributed by atoms with Gasteiger partial charge in [0.15, 0.2) is 5.78 Å². The first-order chi connectivity index (χ1) is 12.4. The second-order valence-corrected chi connectivity index (χ2v) is 9.38. The van der Waals surface area contributed by atoms with Gasteiger partial charge in [-0.1, -0.05) is 26.0 Å². The Morgan fingerprint density at radius 1 is 1.22 bits per heavy atom. The Bertz CT molecular complexity index is 760. The molecule has 0 saturated heterocycles. The molecule has 0 saturated carbocycles. The van der Waals surface area contributed by atoms with Crippen molar-refractivity contribution in [3.8, 4) is 0 Å². The van der Waals surface area contributed by atoms with E-state index >= 15 is 0 Å². The first-order valence-corrected chi connectivity index (χ1v) is 10.5. The fourth-order valence-electron chi connectivity index (χ4n) is 2.44. The van der Waals surface area contributed by atoms with Crippen LogP contribution in [0.1, 0.15) is 50.9 Å². The number of nitrogens with one attached hydrogen (secondary N) is 1. The summed E-state index contributed by atoms with van der Waals surface area (Å²) in [6, 6.07) is 5.83. The third-order valence-corrected chi connectivity index (χ3v) is 6.84. The predicted molar refractivity (Wildman–Crippen MR) is 106 cm³/mol. The maximum Gasteiger partial charge on any atom is 0.242 e. The van der Waals surface area contributed by atoms with Crippen LogP contribution >= 0.6 is 0 Å². The van der Waals surface area contributed by atoms with Crippen molar-refractivity contribution in [1.82, 2.24) is 9.62 Å². The summed E-state index contributed by atoms with van der Waals surface area (Å²) >= 11 is 0. The van der Waals surface area contributed by atoms with Gasteiger partial charge in [0, 0.05) is 32.1 Å². The first-order valence-electron chi connectivity index (χ1n) is 9.02. The highest BCUT2D eigenvalue weighted by Gasteiger charge is 2.28. The van der Waals surface area contributed by atoms with E-state index in [4.69, 9.17) is 5.73 Å². The van der Waals surface area contributed by atoms with E-state index < -0.39 is 15.6 Å². The summed E-state index contributed by atoms with van der Waals surface area (Å²) in [6.45, 7) is 7.86. The Balaban J connectivity index is 2.64. The van der Waals surface area contributed by atoms with E-state index in [1.54, 1.807) is 0 Å². The van der Waals surface area contributed by atoms with Crippen molar-refractivity contribution in [2.75, 3.05) is 20.1 Å². The van der Waals surface area contributed by atoms with E-state index in [1.165, 1.54) is 42.5 Å². The predicted octanol–water partition coefficient (Wildman–Crippen LogP) is 1.78. The fourth-order valence-corrected chi connectivity index (χ4v) is 3.65. The third kappa shape index (κ3) is 6.12. The standard InChI is InChI=1S/C19H31N3O4S/c1-14(2)19(4,13-20)21-18(24)7-6-12-22(5)27(25,26)17-10-8-16(9-11-17)15(3)23/h8-11,14H,6-7,12-13,20H2,1-5H3,(H,21,24). The van der Waals surface area contributed by atoms with Crippen LogP contribution in [0.15, 0.2) is 29.2 Å². The molecule has 7 nitrogen and oxygen atoms in total. The van der Waals surface area contributed by atoms with Gasteiger partial charge in [0.05, 0.1) is 10.4 Å². The van der Waals surface area contributed by atoms with Crippen LogP contribution in [0.4, 0.5) is 0 Å². The van der Waals surface area contributed by atoms with Gasteiger partial charge in [-0.2, -0.15) is 0 Å². The van der Waals surface area contributed by atoms with E-state index in [0.717, 1.165) is 0 Å². The van der Waals surface area contributed by atoms with Gasteiger partial charge in [0.25, 0.3) is 0 Å². The highest BCUT2D eigenvalue weighted by Crippen LogP contribution is 2.17. The zero-order valence-corrected chi connectivity index (χ0v) is 17.6. The van der Waals surface area contributed by atoms with Crippen LogP contribution in [0.25, 0.3) is 0 Å². The number of Topliss-reactive ketones (excluding diaryl/α,β-unsaturated/α-hetero) is 1. The van der Waals surface area contributed by atoms with Crippen molar-refractivity contribution in [1.29, 1.82) is 0 Å². The number of hydrogen-bond acceptors (Lipinski definition) is 5. The Hall–Kier alpha value is -1.77. The van der Waals surface area contributed by atoms with Crippen molar-refractivity contribution in [2.45, 2.75) is 51.0 Å². The van der Waals surface area contributed by atoms with Crippen LogP contribution in [0.5, 0.6) is 0 Å². The largest absolute Gasteiger partial charge is 0.349 e. The van der Waals surface area contributed by atoms with E-state index in [2.05, 4.69) is 5.32 Å². The van der Waals surface area contributed by atoms with Crippen molar-refractivity contribution < 1.29 is 18.0 Å². The number of carbonyl (C=O) groups excluding carboxylic acids is 2. The maximum absolute atomic E-state index is 12.6. The Labute approximate surface area is 162 Å². The van der Waals surface area contributed by atoms with E-state index in [0.29, 0.717) is 18.5 Å². The minimum absolute atomic E-state index is 0.120. The van der Waals surface area contributed by atoms with Crippen LogP contribution in [0, 0.1) is 5.92 Å². The number of ketones is 1. The highest BCUT2D eigenvalue weighted by atomic mass is 32.2. The normalized spacial score (nSPS) is 14.2. The monoisotopic (exact) mass is 397 g/mol. The summed E-state index contributed by atoms with van der Waals surface area (Å²) in [6.07, 6.45) is 0.608. The van der Waals surface area contributed by atoms with Crippen LogP contribution in [0.3, 0.4) is 0 Å². The lowest BCUT2D eigenvalue weighted by molar-refractivity contribution is -0.123. The van der Waals surface area contributed by atoms with Crippen LogP contribution in [-0.4, -0.2) is 50.1 Å². The van der Waals surface area contributed by atoms with Gasteiger partial charge in [0.2, 0.25) is 15.9 Å². The molecule has 1 atom stereocenters. The number of nitrogens with zero attached hydrogens (tertiary/aromatic N) is 1. The van der Waals surface area contributed by atoms with Gasteiger partial charge in [-0.15, -0.1) is 0 Å². The molecule has 0 bridgehead atoms. The van der Waals surface area contributed by atoms with Gasteiger partial charge in [0.1, 0.15) is 0 Å². The quantitative estimate of drug-likeness (QED) is 0.585. The molecule has 1 aromatic rings. The van der Waals surface area contributed by atoms with Crippen LogP contribution < -0.4 is 11.1 Å². The van der Waals surface area contributed by atoms with Crippen molar-refractivity contribution in [3.63, 3.8) is 0 Å². The molecular weight excluding hydrogens is 366 g/mol. The number of nitrogens with two attached hydrogens (primary N) is 1. The molecule has 0 aliphatic carbocycles. The molecule has 1 unspecified atom stereocenters. The minimum atomic E-state index is -3.66. The molecule has 1 aromatic carbocycles. The lowest BCUT2D eigenvalue weighted by Gasteiger charge is -2.33. The molecule has 3 N–H and O–H groups in total. The fraction of sp³-hybridized carbons (Fsp3) is 0.579. The third-order valence-electron chi connectivity index (χ3n) is 4.97. The zero-order valence-electron chi connectivity index (χ0n) is 16.8. The number of sulfonamides is 1. The van der Waals surface area contributed by atoms with Crippen molar-refractivity contribution >= 4 is 21.7 Å². The van der Waals surface area contributed by atoms with Crippen molar-refractivity contribution in [2.24, 2.45) is 11.7 Å². The molecule has 27 heavy (non-hydrogen) atoms. The topological polar surface area (TPSA) is 110 Å². The molecular formula is C19H31N3O4S. The molecule has 0 aliphatic rings. The molecule has 0 heterocycles. The first kappa shape index (κ1) is 23.3. The summed E-state index contributed by atoms with van der Waals surface area (Å²) in [5.41, 5.74) is 5.74. The second kappa shape index (κ2) is 9.43. The molecule has 0 fully saturated rings. The molecule has 0 aliphatic heterocycles. The van der Waals surface area contributed by atoms with Gasteiger partial charge in [-0.05, 0) is 38.3 Å². The van der Waals surface area contributed by atoms with E-state index in [-0.39, 0.29) is 35.5 Å². The average Bonchev–Trinajstić information content (AvgIpc) is 2.61. The van der Waals surface area contributed by atoms with Gasteiger partial charge in [-0.25, -0.2) is 12.7 Å². The zero-order chi connectivity index (χ0) is 20.8. The smallest absolute Gasteiger partial charge is 0.242 e. The van der Waals surface area contributed by atoms with Crippen LogP contribution in [0.2, 0.25) is 0 Å². The molecule has 1 amide bonds. The summed E-state index contributed by atoms with van der Waals surface area (Å²) in [5, 5.41) is 2.94. The average molecular weight is 398 g/mol. The Kier molecular flexibility index (Phi) is 8.13. The van der Waals surface area contributed by atoms with Gasteiger partial charge in [-0.3, -0.25) is 9.59 Å². The summed E-state index contributed by atoms with van der Waals surface area (Å²) in [5.74, 6) is -0.0788. The lowest BCUT2D eigenvalue weighted by atomic mass is 9.88. The maximum atomic E-state index is 12.6. The van der Waals surface area contributed by atoms with Crippen LogP contribution in [-0.2, 0) is 14.8 Å². The summed E-state index contributed by atoms with van der Waals surface area (Å²) < 4.78 is 26.4. The molecule has 0 radical (unpaired) electrons. The van der Waals surface area contributed by atoms with E-state index in [9.17, 15) is 18.0 Å². The SMILES string of the molecule is CC(=O)c1ccc(S(=O)(=O)N(C)CCCC(=O)NC(C)(CN)C(C)C)cc1. The van der Waals surface area contributed by atoms with Crippen molar-refractivity contribution in [3.05, 3.63) is 29.8 Å². The van der Waals surface area contributed by atoms with Gasteiger partial charge >= 0.3 is 0 Å². The number of amides is 1. The number of carbonyl (C=O) groups is 2. The summed E-state index contributed by atoms with van der Waals surface area (Å²) in [7, 11) is -2.19. The lowest BCUT2D eigenvalue weighted by Crippen LogP contribution is -2.55. The molecule has 0 aromatic heterocycles. The number of rotatable bonds is 10. The summed E-state index contributed by atoms with van der Waals surface area (Å²) in [4.78, 5) is 23.6. The molecule has 1 rings (SSSR count). The number of benzene rings is 1. The van der Waals surface area contributed by atoms with E-state index in [1.807, 2.05) is 20.8 Å². The second-order valence-electron chi connectivity index (χ2n) is 7.34. The Morgan fingerprint density at radius 3 is 2.22 bits per heavy atom. The number of hydrogen-bond donors (Lipinski definition) is 2. The molecule has 8 heteroatoms. The Morgan fingerprint density at radius 2 is 1.78 bits per heavy atom. The highest BCUT2D eigenvalue weighted by molar-refractivity contribution is 7.89.